The molecule has 0 aliphatic carbocycles. The minimum absolute atomic E-state index is 0.164. The van der Waals surface area contributed by atoms with Gasteiger partial charge in [0.2, 0.25) is 0 Å². The third-order valence-corrected chi connectivity index (χ3v) is 4.57. The maximum atomic E-state index is 12.4. The molecule has 0 bridgehead atoms. The molecule has 2 atom stereocenters. The van der Waals surface area contributed by atoms with E-state index in [0.717, 1.165) is 38.5 Å². The van der Waals surface area contributed by atoms with Crippen LogP contribution in [0.15, 0.2) is 0 Å². The highest BCUT2D eigenvalue weighted by Crippen LogP contribution is 2.23. The number of ether oxygens (including phenoxy) is 2. The average molecular weight is 357 g/mol. The molecule has 0 aromatic carbocycles. The molecule has 4 heteroatoms. The topological polar surface area (TPSA) is 52.6 Å². The van der Waals surface area contributed by atoms with Gasteiger partial charge in [-0.25, -0.2) is 0 Å². The fourth-order valence-electron chi connectivity index (χ4n) is 2.58. The van der Waals surface area contributed by atoms with Gasteiger partial charge >= 0.3 is 11.9 Å². The Bertz CT molecular complexity index is 342. The molecule has 0 aliphatic heterocycles. The van der Waals surface area contributed by atoms with Gasteiger partial charge in [0.05, 0.1) is 12.2 Å². The van der Waals surface area contributed by atoms with Crippen LogP contribution in [0.1, 0.15) is 106 Å². The van der Waals surface area contributed by atoms with Crippen LogP contribution >= 0.6 is 0 Å². The monoisotopic (exact) mass is 356 g/mol. The van der Waals surface area contributed by atoms with Crippen molar-refractivity contribution in [3.8, 4) is 0 Å². The van der Waals surface area contributed by atoms with Crippen molar-refractivity contribution >= 4 is 11.9 Å². The van der Waals surface area contributed by atoms with Gasteiger partial charge in [-0.2, -0.15) is 0 Å². The van der Waals surface area contributed by atoms with E-state index in [9.17, 15) is 9.59 Å². The second-order valence-corrected chi connectivity index (χ2v) is 7.76. The lowest BCUT2D eigenvalue weighted by molar-refractivity contribution is -0.175. The predicted molar refractivity (Wildman–Crippen MR) is 102 cm³/mol. The van der Waals surface area contributed by atoms with Crippen LogP contribution < -0.4 is 0 Å². The van der Waals surface area contributed by atoms with Crippen molar-refractivity contribution in [2.24, 2.45) is 5.41 Å². The number of rotatable bonds is 14. The molecule has 0 aromatic rings. The fraction of sp³-hybridized carbons (Fsp3) is 0.905. The summed E-state index contributed by atoms with van der Waals surface area (Å²) in [5.74, 6) is -0.975. The number of esters is 2. The summed E-state index contributed by atoms with van der Waals surface area (Å²) < 4.78 is 10.9. The molecule has 0 aliphatic rings. The van der Waals surface area contributed by atoms with E-state index < -0.39 is 17.4 Å². The van der Waals surface area contributed by atoms with Gasteiger partial charge in [-0.05, 0) is 53.4 Å². The highest BCUT2D eigenvalue weighted by Gasteiger charge is 2.40. The minimum atomic E-state index is -1.25. The molecular formula is C21H40O4. The Hall–Kier alpha value is -1.06. The molecule has 0 N–H and O–H groups in total. The van der Waals surface area contributed by atoms with E-state index in [1.54, 1.807) is 13.8 Å². The Morgan fingerprint density at radius 1 is 0.720 bits per heavy atom. The SMILES string of the molecule is CCCCCCC(C)OC(=O)C(C)(C)C(=O)OC(C)CCCCCC. The summed E-state index contributed by atoms with van der Waals surface area (Å²) in [5, 5.41) is 0. The van der Waals surface area contributed by atoms with Gasteiger partial charge in [-0.1, -0.05) is 52.4 Å². The molecule has 0 amide bonds. The van der Waals surface area contributed by atoms with Crippen molar-refractivity contribution in [1.82, 2.24) is 0 Å². The molecule has 0 rings (SSSR count). The normalized spacial score (nSPS) is 14.0. The standard InChI is InChI=1S/C21H40O4/c1-7-9-11-13-15-17(3)24-19(22)21(5,6)20(23)25-18(4)16-14-12-10-8-2/h17-18H,7-16H2,1-6H3. The smallest absolute Gasteiger partial charge is 0.323 e. The van der Waals surface area contributed by atoms with Crippen LogP contribution in [0.4, 0.5) is 0 Å². The first-order valence-corrected chi connectivity index (χ1v) is 10.2. The van der Waals surface area contributed by atoms with Crippen LogP contribution in [0, 0.1) is 5.41 Å². The van der Waals surface area contributed by atoms with Crippen molar-refractivity contribution < 1.29 is 19.1 Å². The number of unbranched alkanes of at least 4 members (excludes halogenated alkanes) is 6. The zero-order valence-corrected chi connectivity index (χ0v) is 17.4. The van der Waals surface area contributed by atoms with E-state index in [0.29, 0.717) is 0 Å². The molecule has 0 fully saturated rings. The van der Waals surface area contributed by atoms with Crippen molar-refractivity contribution in [2.75, 3.05) is 0 Å². The lowest BCUT2D eigenvalue weighted by atomic mass is 9.93. The molecule has 148 valence electrons. The van der Waals surface area contributed by atoms with Crippen LogP contribution in [0.3, 0.4) is 0 Å². The Labute approximate surface area is 155 Å². The van der Waals surface area contributed by atoms with E-state index in [1.807, 2.05) is 13.8 Å². The van der Waals surface area contributed by atoms with Crippen molar-refractivity contribution in [3.05, 3.63) is 0 Å². The van der Waals surface area contributed by atoms with Crippen molar-refractivity contribution in [3.63, 3.8) is 0 Å². The van der Waals surface area contributed by atoms with Crippen LogP contribution in [0.2, 0.25) is 0 Å². The van der Waals surface area contributed by atoms with Gasteiger partial charge in [-0.3, -0.25) is 9.59 Å². The van der Waals surface area contributed by atoms with Crippen LogP contribution in [0.25, 0.3) is 0 Å². The van der Waals surface area contributed by atoms with Gasteiger partial charge in [0.15, 0.2) is 5.41 Å². The highest BCUT2D eigenvalue weighted by molar-refractivity contribution is 5.99. The van der Waals surface area contributed by atoms with E-state index in [4.69, 9.17) is 9.47 Å². The summed E-state index contributed by atoms with van der Waals surface area (Å²) in [6, 6.07) is 0. The fourth-order valence-corrected chi connectivity index (χ4v) is 2.58. The Balaban J connectivity index is 4.27. The quantitative estimate of drug-likeness (QED) is 0.224. The molecule has 0 saturated carbocycles. The lowest BCUT2D eigenvalue weighted by Gasteiger charge is -2.25. The van der Waals surface area contributed by atoms with Crippen molar-refractivity contribution in [1.29, 1.82) is 0 Å². The van der Waals surface area contributed by atoms with Crippen molar-refractivity contribution in [2.45, 2.75) is 118 Å². The maximum Gasteiger partial charge on any atom is 0.323 e. The summed E-state index contributed by atoms with van der Waals surface area (Å²) >= 11 is 0. The first-order valence-electron chi connectivity index (χ1n) is 10.2. The number of carbonyl (C=O) groups is 2. The number of hydrogen-bond donors (Lipinski definition) is 0. The molecule has 0 aromatic heterocycles. The summed E-state index contributed by atoms with van der Waals surface area (Å²) in [6.07, 6.45) is 10.5. The molecule has 0 heterocycles. The van der Waals surface area contributed by atoms with Gasteiger partial charge in [0.25, 0.3) is 0 Å². The molecule has 0 radical (unpaired) electrons. The van der Waals surface area contributed by atoms with Crippen LogP contribution in [-0.4, -0.2) is 24.1 Å². The van der Waals surface area contributed by atoms with Gasteiger partial charge < -0.3 is 9.47 Å². The number of carbonyl (C=O) groups excluding carboxylic acids is 2. The van der Waals surface area contributed by atoms with Gasteiger partial charge in [-0.15, -0.1) is 0 Å². The summed E-state index contributed by atoms with van der Waals surface area (Å²) in [6.45, 7) is 11.3. The molecule has 4 nitrogen and oxygen atoms in total. The highest BCUT2D eigenvalue weighted by atomic mass is 16.6. The van der Waals surface area contributed by atoms with E-state index in [1.165, 1.54) is 25.7 Å². The first kappa shape index (κ1) is 23.9. The molecule has 0 saturated heterocycles. The number of hydrogen-bond acceptors (Lipinski definition) is 4. The summed E-state index contributed by atoms with van der Waals surface area (Å²) in [4.78, 5) is 24.7. The second-order valence-electron chi connectivity index (χ2n) is 7.76. The Morgan fingerprint density at radius 3 is 1.40 bits per heavy atom. The zero-order valence-electron chi connectivity index (χ0n) is 17.4. The Kier molecular flexibility index (Phi) is 12.6. The molecule has 2 unspecified atom stereocenters. The third kappa shape index (κ3) is 10.5. The van der Waals surface area contributed by atoms with E-state index >= 15 is 0 Å². The predicted octanol–water partition coefficient (Wildman–Crippen LogP) is 5.82. The first-order chi connectivity index (χ1) is 11.8. The molecule has 0 spiro atoms. The average Bonchev–Trinajstić information content (AvgIpc) is 2.55. The molecule has 25 heavy (non-hydrogen) atoms. The largest absolute Gasteiger partial charge is 0.462 e. The second kappa shape index (κ2) is 13.2. The van der Waals surface area contributed by atoms with Gasteiger partial charge in [0, 0.05) is 0 Å². The minimum Gasteiger partial charge on any atom is -0.462 e. The summed E-state index contributed by atoms with van der Waals surface area (Å²) in [7, 11) is 0. The summed E-state index contributed by atoms with van der Waals surface area (Å²) in [5.41, 5.74) is -1.25. The van der Waals surface area contributed by atoms with Crippen LogP contribution in [-0.2, 0) is 19.1 Å². The lowest BCUT2D eigenvalue weighted by Crippen LogP contribution is -2.39. The third-order valence-electron chi connectivity index (χ3n) is 4.57. The Morgan fingerprint density at radius 2 is 1.08 bits per heavy atom. The maximum absolute atomic E-state index is 12.4. The van der Waals surface area contributed by atoms with Crippen LogP contribution in [0.5, 0.6) is 0 Å². The van der Waals surface area contributed by atoms with E-state index in [2.05, 4.69) is 13.8 Å². The van der Waals surface area contributed by atoms with Gasteiger partial charge in [0.1, 0.15) is 0 Å². The zero-order chi connectivity index (χ0) is 19.3. The molecular weight excluding hydrogens is 316 g/mol. The van der Waals surface area contributed by atoms with E-state index in [-0.39, 0.29) is 12.2 Å².